The normalized spacial score (nSPS) is 18.8. The molecule has 1 N–H and O–H groups in total. The van der Waals surface area contributed by atoms with Crippen molar-refractivity contribution in [2.24, 2.45) is 0 Å². The smallest absolute Gasteiger partial charge is 0.0949 e. The fourth-order valence-electron chi connectivity index (χ4n) is 1.47. The predicted octanol–water partition coefficient (Wildman–Crippen LogP) is 0.264. The Morgan fingerprint density at radius 3 is 2.45 bits per heavy atom. The molecule has 1 fully saturated rings. The molecule has 11 heavy (non-hydrogen) atoms. The van der Waals surface area contributed by atoms with Gasteiger partial charge in [0, 0.05) is 19.1 Å². The van der Waals surface area contributed by atoms with E-state index in [1.54, 1.807) is 0 Å². The van der Waals surface area contributed by atoms with Gasteiger partial charge in [0.15, 0.2) is 0 Å². The summed E-state index contributed by atoms with van der Waals surface area (Å²) in [7, 11) is 0. The van der Waals surface area contributed by atoms with Gasteiger partial charge in [0.1, 0.15) is 0 Å². The molecular weight excluding hydrogens is 142 g/mol. The van der Waals surface area contributed by atoms with Gasteiger partial charge in [0.05, 0.1) is 13.2 Å². The maximum absolute atomic E-state index is 10.3. The van der Waals surface area contributed by atoms with Gasteiger partial charge in [-0.05, 0) is 12.8 Å². The first-order valence-electron chi connectivity index (χ1n) is 4.31. The lowest BCUT2D eigenvalue weighted by atomic mass is 9.91. The van der Waals surface area contributed by atoms with Crippen molar-refractivity contribution in [3.8, 4) is 0 Å². The molecule has 0 aromatic carbocycles. The van der Waals surface area contributed by atoms with Crippen molar-refractivity contribution in [2.75, 3.05) is 26.3 Å². The minimum absolute atomic E-state index is 0.0451. The monoisotopic (exact) mass is 158 g/mol. The van der Waals surface area contributed by atoms with Gasteiger partial charge in [0.25, 0.3) is 0 Å². The second-order valence-corrected chi connectivity index (χ2v) is 3.05. The van der Waals surface area contributed by atoms with E-state index in [2.05, 4.69) is 4.90 Å². The zero-order chi connectivity index (χ0) is 8.10. The van der Waals surface area contributed by atoms with Crippen LogP contribution in [0.2, 0.25) is 0 Å². The summed E-state index contributed by atoms with van der Waals surface area (Å²) in [5.74, 6) is 0. The van der Waals surface area contributed by atoms with Gasteiger partial charge in [-0.15, -0.1) is 0 Å². The summed E-state index contributed by atoms with van der Waals surface area (Å²) < 4.78 is 0. The van der Waals surface area contributed by atoms with E-state index >= 15 is 0 Å². The molecule has 1 aliphatic carbocycles. The van der Waals surface area contributed by atoms with Crippen LogP contribution in [-0.4, -0.2) is 42.4 Å². The second-order valence-electron chi connectivity index (χ2n) is 3.05. The maximum Gasteiger partial charge on any atom is 0.0949 e. The number of hydrogen-bond donors (Lipinski definition) is 1. The van der Waals surface area contributed by atoms with Crippen LogP contribution in [0.25, 0.3) is 0 Å². The number of aliphatic hydroxyl groups is 1. The molecule has 0 atom stereocenters. The lowest BCUT2D eigenvalue weighted by Crippen LogP contribution is -2.43. The average molecular weight is 158 g/mol. The van der Waals surface area contributed by atoms with Crippen molar-refractivity contribution >= 4 is 0 Å². The van der Waals surface area contributed by atoms with Crippen LogP contribution in [-0.2, 0) is 5.11 Å². The molecular formula is C8H16NO2. The Kier molecular flexibility index (Phi) is 3.83. The van der Waals surface area contributed by atoms with Crippen molar-refractivity contribution in [3.63, 3.8) is 0 Å². The minimum Gasteiger partial charge on any atom is -0.395 e. The van der Waals surface area contributed by atoms with Crippen LogP contribution in [0.1, 0.15) is 19.3 Å². The first-order chi connectivity index (χ1) is 5.38. The highest BCUT2D eigenvalue weighted by molar-refractivity contribution is 4.79. The Labute approximate surface area is 67.6 Å². The molecule has 0 saturated heterocycles. The summed E-state index contributed by atoms with van der Waals surface area (Å²) in [5.41, 5.74) is 0. The molecule has 0 amide bonds. The van der Waals surface area contributed by atoms with E-state index < -0.39 is 0 Å². The van der Waals surface area contributed by atoms with Crippen molar-refractivity contribution in [1.82, 2.24) is 4.90 Å². The third kappa shape index (κ3) is 2.43. The molecule has 0 aromatic heterocycles. The van der Waals surface area contributed by atoms with E-state index in [1.807, 2.05) is 0 Å². The van der Waals surface area contributed by atoms with Gasteiger partial charge in [-0.3, -0.25) is 4.90 Å². The topological polar surface area (TPSA) is 43.4 Å². The molecule has 0 aromatic rings. The van der Waals surface area contributed by atoms with Crippen molar-refractivity contribution in [2.45, 2.75) is 25.3 Å². The van der Waals surface area contributed by atoms with Gasteiger partial charge < -0.3 is 5.11 Å². The lowest BCUT2D eigenvalue weighted by Gasteiger charge is -2.36. The number of aliphatic hydroxyl groups excluding tert-OH is 1. The molecule has 0 heterocycles. The van der Waals surface area contributed by atoms with Crippen molar-refractivity contribution in [3.05, 3.63) is 0 Å². The van der Waals surface area contributed by atoms with Crippen molar-refractivity contribution < 1.29 is 10.2 Å². The SMILES string of the molecule is [O]CCN(CCO)C1CCC1. The molecule has 0 bridgehead atoms. The van der Waals surface area contributed by atoms with Crippen LogP contribution in [0.15, 0.2) is 0 Å². The molecule has 3 heteroatoms. The molecule has 1 aliphatic rings. The van der Waals surface area contributed by atoms with E-state index in [0.29, 0.717) is 19.1 Å². The van der Waals surface area contributed by atoms with Gasteiger partial charge >= 0.3 is 0 Å². The Morgan fingerprint density at radius 1 is 1.36 bits per heavy atom. The molecule has 65 valence electrons. The molecule has 0 spiro atoms. The van der Waals surface area contributed by atoms with Gasteiger partial charge in [0.2, 0.25) is 0 Å². The molecule has 0 unspecified atom stereocenters. The molecule has 1 rings (SSSR count). The zero-order valence-electron chi connectivity index (χ0n) is 6.83. The number of rotatable bonds is 5. The number of nitrogens with zero attached hydrogens (tertiary/aromatic N) is 1. The summed E-state index contributed by atoms with van der Waals surface area (Å²) in [4.78, 5) is 2.11. The third-order valence-corrected chi connectivity index (χ3v) is 2.36. The van der Waals surface area contributed by atoms with Gasteiger partial charge in [-0.2, -0.15) is 0 Å². The molecule has 1 saturated carbocycles. The Bertz CT molecular complexity index is 98.3. The van der Waals surface area contributed by atoms with Crippen LogP contribution in [0, 0.1) is 0 Å². The summed E-state index contributed by atoms with van der Waals surface area (Å²) in [6, 6.07) is 0.594. The fourth-order valence-corrected chi connectivity index (χ4v) is 1.47. The van der Waals surface area contributed by atoms with Gasteiger partial charge in [-0.25, -0.2) is 5.11 Å². The quantitative estimate of drug-likeness (QED) is 0.624. The van der Waals surface area contributed by atoms with E-state index in [1.165, 1.54) is 19.3 Å². The summed E-state index contributed by atoms with van der Waals surface area (Å²) >= 11 is 0. The van der Waals surface area contributed by atoms with E-state index in [9.17, 15) is 5.11 Å². The minimum atomic E-state index is -0.0451. The highest BCUT2D eigenvalue weighted by Gasteiger charge is 2.23. The van der Waals surface area contributed by atoms with E-state index in [4.69, 9.17) is 5.11 Å². The first-order valence-corrected chi connectivity index (χ1v) is 4.31. The van der Waals surface area contributed by atoms with E-state index in [0.717, 1.165) is 0 Å². The molecule has 3 nitrogen and oxygen atoms in total. The Morgan fingerprint density at radius 2 is 2.09 bits per heavy atom. The largest absolute Gasteiger partial charge is 0.395 e. The standard InChI is InChI=1S/C8H16NO2/c10-6-4-9(5-7-11)8-2-1-3-8/h8,10H,1-7H2. The van der Waals surface area contributed by atoms with Crippen LogP contribution in [0.4, 0.5) is 0 Å². The lowest BCUT2D eigenvalue weighted by molar-refractivity contribution is 0.0651. The average Bonchev–Trinajstić information content (AvgIpc) is 1.85. The van der Waals surface area contributed by atoms with Crippen LogP contribution in [0.5, 0.6) is 0 Å². The molecule has 1 radical (unpaired) electrons. The van der Waals surface area contributed by atoms with E-state index in [-0.39, 0.29) is 13.2 Å². The van der Waals surface area contributed by atoms with Crippen molar-refractivity contribution in [1.29, 1.82) is 0 Å². The zero-order valence-corrected chi connectivity index (χ0v) is 6.83. The fraction of sp³-hybridized carbons (Fsp3) is 1.00. The Hall–Kier alpha value is -0.120. The predicted molar refractivity (Wildman–Crippen MR) is 41.9 cm³/mol. The van der Waals surface area contributed by atoms with Gasteiger partial charge in [-0.1, -0.05) is 6.42 Å². The molecule has 0 aliphatic heterocycles. The van der Waals surface area contributed by atoms with Crippen LogP contribution >= 0.6 is 0 Å². The van der Waals surface area contributed by atoms with Crippen LogP contribution < -0.4 is 0 Å². The summed E-state index contributed by atoms with van der Waals surface area (Å²) in [5, 5.41) is 19.0. The summed E-state index contributed by atoms with van der Waals surface area (Å²) in [6.45, 7) is 1.41. The second kappa shape index (κ2) is 4.70. The number of hydrogen-bond acceptors (Lipinski definition) is 2. The highest BCUT2D eigenvalue weighted by atomic mass is 16.3. The third-order valence-electron chi connectivity index (χ3n) is 2.36. The van der Waals surface area contributed by atoms with Crippen LogP contribution in [0.3, 0.4) is 0 Å². The maximum atomic E-state index is 10.3. The Balaban J connectivity index is 2.19. The first kappa shape index (κ1) is 8.97. The summed E-state index contributed by atoms with van der Waals surface area (Å²) in [6.07, 6.45) is 3.70. The highest BCUT2D eigenvalue weighted by Crippen LogP contribution is 2.23.